The summed E-state index contributed by atoms with van der Waals surface area (Å²) in [6.45, 7) is 0. The van der Waals surface area contributed by atoms with E-state index in [1.54, 1.807) is 12.4 Å². The Hall–Kier alpha value is -1.12. The third-order valence-electron chi connectivity index (χ3n) is 2.65. The first-order valence-electron chi connectivity index (χ1n) is 4.83. The maximum atomic E-state index is 11.8. The molecule has 0 spiro atoms. The number of hydrogen-bond acceptors (Lipinski definition) is 2. The minimum Gasteiger partial charge on any atom is -0.274 e. The number of carbonyl (C=O) groups is 1. The van der Waals surface area contributed by atoms with Gasteiger partial charge in [0, 0.05) is 18.3 Å². The smallest absolute Gasteiger partial charge is 0.235 e. The van der Waals surface area contributed by atoms with E-state index in [-0.39, 0.29) is 11.8 Å². The van der Waals surface area contributed by atoms with Crippen LogP contribution in [0.1, 0.15) is 36.9 Å². The van der Waals surface area contributed by atoms with E-state index in [1.807, 2.05) is 0 Å². The van der Waals surface area contributed by atoms with E-state index in [0.717, 1.165) is 12.8 Å². The molecule has 0 atom stereocenters. The van der Waals surface area contributed by atoms with Crippen LogP contribution in [-0.2, 0) is 0 Å². The van der Waals surface area contributed by atoms with E-state index in [9.17, 15) is 4.79 Å². The molecule has 0 saturated heterocycles. The summed E-state index contributed by atoms with van der Waals surface area (Å²) in [6.07, 6.45) is 11.6. The maximum Gasteiger partial charge on any atom is 0.235 e. The van der Waals surface area contributed by atoms with Crippen molar-refractivity contribution in [2.24, 2.45) is 5.92 Å². The number of carbonyl (C=O) groups excluding carboxylic acids is 1. The van der Waals surface area contributed by atoms with Gasteiger partial charge in [-0.05, 0) is 12.8 Å². The maximum absolute atomic E-state index is 11.8. The second-order valence-electron chi connectivity index (χ2n) is 3.57. The van der Waals surface area contributed by atoms with Crippen LogP contribution in [0.2, 0.25) is 0 Å². The summed E-state index contributed by atoms with van der Waals surface area (Å²) in [5, 5.41) is 0. The number of aromatic nitrogens is 2. The fourth-order valence-corrected chi connectivity index (χ4v) is 1.90. The first-order chi connectivity index (χ1) is 6.38. The van der Waals surface area contributed by atoms with Crippen LogP contribution in [0.4, 0.5) is 0 Å². The van der Waals surface area contributed by atoms with Gasteiger partial charge in [-0.15, -0.1) is 0 Å². The molecule has 1 heterocycles. The highest BCUT2D eigenvalue weighted by Gasteiger charge is 2.21. The Morgan fingerprint density at radius 1 is 1.38 bits per heavy atom. The molecule has 3 heteroatoms. The van der Waals surface area contributed by atoms with Gasteiger partial charge < -0.3 is 0 Å². The van der Waals surface area contributed by atoms with Crippen molar-refractivity contribution in [2.45, 2.75) is 32.1 Å². The molecular weight excluding hydrogens is 164 g/mol. The number of hydrogen-bond donors (Lipinski definition) is 0. The van der Waals surface area contributed by atoms with Gasteiger partial charge in [-0.3, -0.25) is 9.36 Å². The second kappa shape index (κ2) is 3.73. The van der Waals surface area contributed by atoms with Gasteiger partial charge in [0.15, 0.2) is 6.33 Å². The van der Waals surface area contributed by atoms with Gasteiger partial charge in [0.05, 0.1) is 0 Å². The van der Waals surface area contributed by atoms with Crippen LogP contribution in [-0.4, -0.2) is 15.5 Å². The summed E-state index contributed by atoms with van der Waals surface area (Å²) in [4.78, 5) is 15.5. The van der Waals surface area contributed by atoms with Crippen molar-refractivity contribution >= 4 is 5.91 Å². The molecule has 0 unspecified atom stereocenters. The monoisotopic (exact) mass is 177 g/mol. The minimum absolute atomic E-state index is 0.164. The van der Waals surface area contributed by atoms with Crippen molar-refractivity contribution in [1.82, 2.24) is 9.55 Å². The molecule has 1 fully saturated rings. The molecule has 2 rings (SSSR count). The Balaban J connectivity index is 2.04. The van der Waals surface area contributed by atoms with Gasteiger partial charge in [0.2, 0.25) is 5.91 Å². The third-order valence-corrected chi connectivity index (χ3v) is 2.65. The van der Waals surface area contributed by atoms with Crippen molar-refractivity contribution in [3.8, 4) is 0 Å². The molecule has 13 heavy (non-hydrogen) atoms. The SMILES string of the molecule is O=C(C1CCCCC1)n1[c]ncc1. The van der Waals surface area contributed by atoms with Gasteiger partial charge >= 0.3 is 0 Å². The molecule has 1 aromatic heterocycles. The lowest BCUT2D eigenvalue weighted by molar-refractivity contribution is 0.0800. The molecular formula is C10H13N2O. The van der Waals surface area contributed by atoms with Gasteiger partial charge in [-0.2, -0.15) is 0 Å². The van der Waals surface area contributed by atoms with Gasteiger partial charge in [-0.1, -0.05) is 19.3 Å². The molecule has 1 radical (unpaired) electrons. The number of nitrogens with zero attached hydrogens (tertiary/aromatic N) is 2. The Labute approximate surface area is 77.8 Å². The van der Waals surface area contributed by atoms with Crippen LogP contribution in [0.5, 0.6) is 0 Å². The predicted octanol–water partition coefficient (Wildman–Crippen LogP) is 1.90. The molecule has 3 nitrogen and oxygen atoms in total. The Morgan fingerprint density at radius 2 is 2.15 bits per heavy atom. The lowest BCUT2D eigenvalue weighted by Gasteiger charge is -2.19. The standard InChI is InChI=1S/C10H13N2O/c13-10(12-7-6-11-8-12)9-4-2-1-3-5-9/h6-7,9H,1-5H2. The molecule has 0 amide bonds. The zero-order valence-corrected chi connectivity index (χ0v) is 7.57. The van der Waals surface area contributed by atoms with Crippen LogP contribution < -0.4 is 0 Å². The van der Waals surface area contributed by atoms with Crippen molar-refractivity contribution in [1.29, 1.82) is 0 Å². The molecule has 0 bridgehead atoms. The predicted molar refractivity (Wildman–Crippen MR) is 48.3 cm³/mol. The summed E-state index contributed by atoms with van der Waals surface area (Å²) >= 11 is 0. The van der Waals surface area contributed by atoms with Gasteiger partial charge in [0.1, 0.15) is 0 Å². The van der Waals surface area contributed by atoms with Crippen molar-refractivity contribution in [2.75, 3.05) is 0 Å². The summed E-state index contributed by atoms with van der Waals surface area (Å²) in [6, 6.07) is 0. The summed E-state index contributed by atoms with van der Waals surface area (Å²) in [7, 11) is 0. The van der Waals surface area contributed by atoms with E-state index in [1.165, 1.54) is 23.8 Å². The molecule has 0 N–H and O–H groups in total. The number of rotatable bonds is 1. The molecule has 1 saturated carbocycles. The number of imidazole rings is 1. The first kappa shape index (κ1) is 8.48. The summed E-state index contributed by atoms with van der Waals surface area (Å²) in [5.74, 6) is 0.372. The fraction of sp³-hybridized carbons (Fsp3) is 0.600. The largest absolute Gasteiger partial charge is 0.274 e. The highest BCUT2D eigenvalue weighted by atomic mass is 16.2. The zero-order chi connectivity index (χ0) is 9.10. The van der Waals surface area contributed by atoms with Crippen molar-refractivity contribution < 1.29 is 4.79 Å². The van der Waals surface area contributed by atoms with E-state index in [2.05, 4.69) is 11.3 Å². The highest BCUT2D eigenvalue weighted by Crippen LogP contribution is 2.24. The van der Waals surface area contributed by atoms with E-state index in [4.69, 9.17) is 0 Å². The van der Waals surface area contributed by atoms with E-state index in [0.29, 0.717) is 0 Å². The third kappa shape index (κ3) is 1.79. The second-order valence-corrected chi connectivity index (χ2v) is 3.57. The van der Waals surface area contributed by atoms with Crippen LogP contribution in [0.25, 0.3) is 0 Å². The average Bonchev–Trinajstić information content (AvgIpc) is 2.71. The van der Waals surface area contributed by atoms with Crippen molar-refractivity contribution in [3.05, 3.63) is 18.7 Å². The topological polar surface area (TPSA) is 34.9 Å². The van der Waals surface area contributed by atoms with E-state index < -0.39 is 0 Å². The van der Waals surface area contributed by atoms with Gasteiger partial charge in [0.25, 0.3) is 0 Å². The Morgan fingerprint density at radius 3 is 2.77 bits per heavy atom. The molecule has 1 aromatic rings. The highest BCUT2D eigenvalue weighted by molar-refractivity contribution is 5.81. The molecule has 0 aromatic carbocycles. The average molecular weight is 177 g/mol. The Kier molecular flexibility index (Phi) is 2.43. The lowest BCUT2D eigenvalue weighted by Crippen LogP contribution is -2.22. The van der Waals surface area contributed by atoms with Crippen LogP contribution >= 0.6 is 0 Å². The summed E-state index contributed by atoms with van der Waals surface area (Å²) < 4.78 is 1.48. The molecule has 0 aliphatic heterocycles. The van der Waals surface area contributed by atoms with Crippen LogP contribution in [0.15, 0.2) is 12.4 Å². The van der Waals surface area contributed by atoms with Crippen LogP contribution in [0, 0.1) is 12.2 Å². The summed E-state index contributed by atoms with van der Waals surface area (Å²) in [5.41, 5.74) is 0. The van der Waals surface area contributed by atoms with Gasteiger partial charge in [-0.25, -0.2) is 4.98 Å². The Bertz CT molecular complexity index is 273. The zero-order valence-electron chi connectivity index (χ0n) is 7.57. The lowest BCUT2D eigenvalue weighted by atomic mass is 9.89. The van der Waals surface area contributed by atoms with E-state index >= 15 is 0 Å². The quantitative estimate of drug-likeness (QED) is 0.656. The van der Waals surface area contributed by atoms with Crippen molar-refractivity contribution in [3.63, 3.8) is 0 Å². The molecule has 69 valence electrons. The fourth-order valence-electron chi connectivity index (χ4n) is 1.90. The van der Waals surface area contributed by atoms with Crippen LogP contribution in [0.3, 0.4) is 0 Å². The molecule has 1 aliphatic carbocycles. The minimum atomic E-state index is 0.164. The normalized spacial score (nSPS) is 18.8. The molecule has 1 aliphatic rings. The first-order valence-corrected chi connectivity index (χ1v) is 4.83.